The fourth-order valence-corrected chi connectivity index (χ4v) is 12.7. The van der Waals surface area contributed by atoms with Crippen LogP contribution < -0.4 is 0 Å². The van der Waals surface area contributed by atoms with Gasteiger partial charge in [-0.3, -0.25) is 0 Å². The lowest BCUT2D eigenvalue weighted by Gasteiger charge is -2.63. The van der Waals surface area contributed by atoms with E-state index in [1.807, 2.05) is 13.8 Å². The second-order valence-corrected chi connectivity index (χ2v) is 15.9. The Labute approximate surface area is 211 Å². The summed E-state index contributed by atoms with van der Waals surface area (Å²) < 4.78 is 13.6. The van der Waals surface area contributed by atoms with Crippen LogP contribution in [0, 0.1) is 50.7 Å². The summed E-state index contributed by atoms with van der Waals surface area (Å²) in [6, 6.07) is 0. The van der Waals surface area contributed by atoms with Gasteiger partial charge in [0.1, 0.15) is 12.2 Å². The third-order valence-corrected chi connectivity index (χ3v) is 14.2. The van der Waals surface area contributed by atoms with Crippen molar-refractivity contribution >= 4 is 0 Å². The smallest absolute Gasteiger partial charge is 0.199 e. The van der Waals surface area contributed by atoms with E-state index < -0.39 is 23.6 Å². The van der Waals surface area contributed by atoms with Crippen molar-refractivity contribution in [3.8, 4) is 0 Å². The highest BCUT2D eigenvalue weighted by molar-refractivity contribution is 5.34. The summed E-state index contributed by atoms with van der Waals surface area (Å²) in [6.45, 7) is 15.4. The van der Waals surface area contributed by atoms with Gasteiger partial charge in [0.2, 0.25) is 0 Å². The molecular weight excluding hydrogens is 440 g/mol. The molecule has 5 heteroatoms. The van der Waals surface area contributed by atoms with E-state index in [0.717, 1.165) is 38.5 Å². The van der Waals surface area contributed by atoms with Crippen molar-refractivity contribution in [1.82, 2.24) is 0 Å². The fraction of sp³-hybridized carbons (Fsp3) is 1.00. The molecule has 2 bridgehead atoms. The first-order valence-electron chi connectivity index (χ1n) is 14.6. The molecule has 5 nitrogen and oxygen atoms in total. The highest BCUT2D eigenvalue weighted by Crippen LogP contribution is 2.90. The van der Waals surface area contributed by atoms with E-state index in [2.05, 4.69) is 34.6 Å². The average Bonchev–Trinajstić information content (AvgIpc) is 3.28. The van der Waals surface area contributed by atoms with Gasteiger partial charge in [0.25, 0.3) is 0 Å². The molecule has 0 radical (unpaired) electrons. The van der Waals surface area contributed by atoms with Gasteiger partial charge in [-0.25, -0.2) is 0 Å². The second-order valence-electron chi connectivity index (χ2n) is 15.9. The van der Waals surface area contributed by atoms with E-state index in [1.54, 1.807) is 0 Å². The summed E-state index contributed by atoms with van der Waals surface area (Å²) in [4.78, 5) is 0. The lowest BCUT2D eigenvalue weighted by molar-refractivity contribution is -0.282. The zero-order chi connectivity index (χ0) is 25.2. The monoisotopic (exact) mass is 488 g/mol. The summed E-state index contributed by atoms with van der Waals surface area (Å²) in [5.41, 5.74) is -0.788. The molecular formula is C30H48O5. The van der Waals surface area contributed by atoms with Gasteiger partial charge in [-0.1, -0.05) is 34.6 Å². The normalized spacial score (nSPS) is 63.9. The predicted molar refractivity (Wildman–Crippen MR) is 132 cm³/mol. The molecule has 13 atom stereocenters. The highest BCUT2D eigenvalue weighted by Gasteiger charge is 2.88. The standard InChI is InChI=1S/C30H48O5/c1-16-14-17-22(25(4,5)33)35-30(34-17)21(16)26(6)12-13-29-15-28(29)11-10-20(31)24(2,3)18(28)8-9-19(29)27(26,7)23(30)32/h16-23,31-33H,8-15H2,1-7H3/t16?,17?,18?,19?,20-,21?,22-,23+,26+,27+,28+,29-,30?/m0/s1. The number of aliphatic hydroxyl groups excluding tert-OH is 2. The minimum Gasteiger partial charge on any atom is -0.393 e. The van der Waals surface area contributed by atoms with E-state index in [9.17, 15) is 15.3 Å². The van der Waals surface area contributed by atoms with Crippen LogP contribution in [-0.4, -0.2) is 51.1 Å². The van der Waals surface area contributed by atoms with Crippen LogP contribution in [0.1, 0.15) is 99.8 Å². The maximum absolute atomic E-state index is 12.5. The summed E-state index contributed by atoms with van der Waals surface area (Å²) in [5, 5.41) is 34.4. The molecule has 198 valence electrons. The quantitative estimate of drug-likeness (QED) is 0.500. The second kappa shape index (κ2) is 6.33. The molecule has 5 saturated carbocycles. The number of hydrogen-bond donors (Lipinski definition) is 3. The zero-order valence-electron chi connectivity index (χ0n) is 22.9. The summed E-state index contributed by atoms with van der Waals surface area (Å²) in [6.07, 6.45) is 7.36. The van der Waals surface area contributed by atoms with Crippen LogP contribution in [0.4, 0.5) is 0 Å². The van der Waals surface area contributed by atoms with Crippen LogP contribution in [0.25, 0.3) is 0 Å². The van der Waals surface area contributed by atoms with Gasteiger partial charge in [0.05, 0.1) is 17.8 Å². The Morgan fingerprint density at radius 2 is 1.51 bits per heavy atom. The van der Waals surface area contributed by atoms with Gasteiger partial charge in [-0.05, 0) is 105 Å². The van der Waals surface area contributed by atoms with Gasteiger partial charge < -0.3 is 24.8 Å². The van der Waals surface area contributed by atoms with Crippen molar-refractivity contribution in [1.29, 1.82) is 0 Å². The van der Waals surface area contributed by atoms with Crippen LogP contribution in [0.3, 0.4) is 0 Å². The summed E-state index contributed by atoms with van der Waals surface area (Å²) in [5.74, 6) is 0.523. The fourth-order valence-electron chi connectivity index (χ4n) is 12.7. The SMILES string of the molecule is CC1CC2OC3(O[C@@H]2C(C)(C)O)C1[C@@]1(C)CC[C@@]24C[C@@]25CC[C@H](O)C(C)(C)C5CCC4[C@]1(C)[C@H]3O. The molecule has 6 unspecified atom stereocenters. The van der Waals surface area contributed by atoms with E-state index >= 15 is 0 Å². The van der Waals surface area contributed by atoms with Crippen molar-refractivity contribution in [2.24, 2.45) is 50.7 Å². The summed E-state index contributed by atoms with van der Waals surface area (Å²) in [7, 11) is 0. The third kappa shape index (κ3) is 2.30. The Bertz CT molecular complexity index is 957. The summed E-state index contributed by atoms with van der Waals surface area (Å²) >= 11 is 0. The molecule has 2 aliphatic heterocycles. The maximum atomic E-state index is 12.5. The molecule has 5 aliphatic carbocycles. The Hall–Kier alpha value is -0.200. The molecule has 7 fully saturated rings. The Kier molecular flexibility index (Phi) is 4.32. The first kappa shape index (κ1) is 23.9. The predicted octanol–water partition coefficient (Wildman–Crippen LogP) is 4.66. The molecule has 3 spiro atoms. The molecule has 0 aromatic carbocycles. The van der Waals surface area contributed by atoms with E-state index in [4.69, 9.17) is 9.47 Å². The van der Waals surface area contributed by atoms with E-state index in [1.165, 1.54) is 12.8 Å². The molecule has 0 amide bonds. The zero-order valence-corrected chi connectivity index (χ0v) is 22.9. The van der Waals surface area contributed by atoms with Crippen molar-refractivity contribution in [3.05, 3.63) is 0 Å². The molecule has 2 heterocycles. The van der Waals surface area contributed by atoms with Crippen LogP contribution in [0.2, 0.25) is 0 Å². The van der Waals surface area contributed by atoms with Crippen molar-refractivity contribution in [2.45, 2.75) is 136 Å². The highest BCUT2D eigenvalue weighted by atomic mass is 16.8. The lowest BCUT2D eigenvalue weighted by atomic mass is 9.41. The van der Waals surface area contributed by atoms with Crippen molar-refractivity contribution < 1.29 is 24.8 Å². The van der Waals surface area contributed by atoms with Gasteiger partial charge >= 0.3 is 0 Å². The lowest BCUT2D eigenvalue weighted by Crippen LogP contribution is -2.60. The number of fused-ring (bicyclic) bond motifs is 4. The number of ether oxygens (including phenoxy) is 2. The van der Waals surface area contributed by atoms with E-state index in [0.29, 0.717) is 23.2 Å². The first-order chi connectivity index (χ1) is 16.1. The minimum atomic E-state index is -1.01. The number of aliphatic hydroxyl groups is 3. The molecule has 3 N–H and O–H groups in total. The number of rotatable bonds is 1. The van der Waals surface area contributed by atoms with Gasteiger partial charge in [-0.2, -0.15) is 0 Å². The molecule has 0 aromatic rings. The molecule has 35 heavy (non-hydrogen) atoms. The minimum absolute atomic E-state index is 0.0331. The Morgan fingerprint density at radius 1 is 0.857 bits per heavy atom. The largest absolute Gasteiger partial charge is 0.393 e. The Morgan fingerprint density at radius 3 is 2.20 bits per heavy atom. The van der Waals surface area contributed by atoms with Crippen LogP contribution in [0.5, 0.6) is 0 Å². The van der Waals surface area contributed by atoms with Gasteiger partial charge in [-0.15, -0.1) is 0 Å². The van der Waals surface area contributed by atoms with Crippen molar-refractivity contribution in [2.75, 3.05) is 0 Å². The van der Waals surface area contributed by atoms with Crippen LogP contribution in [-0.2, 0) is 9.47 Å². The number of hydrogen-bond acceptors (Lipinski definition) is 5. The first-order valence-corrected chi connectivity index (χ1v) is 14.6. The van der Waals surface area contributed by atoms with Crippen LogP contribution in [0.15, 0.2) is 0 Å². The average molecular weight is 489 g/mol. The topological polar surface area (TPSA) is 79.2 Å². The third-order valence-electron chi connectivity index (χ3n) is 14.2. The maximum Gasteiger partial charge on any atom is 0.199 e. The van der Waals surface area contributed by atoms with Gasteiger partial charge in [0, 0.05) is 11.3 Å². The molecule has 7 aliphatic rings. The molecule has 0 aromatic heterocycles. The van der Waals surface area contributed by atoms with Crippen LogP contribution >= 0.6 is 0 Å². The Balaban J connectivity index is 1.33. The molecule has 2 saturated heterocycles. The van der Waals surface area contributed by atoms with E-state index in [-0.39, 0.29) is 39.8 Å². The van der Waals surface area contributed by atoms with Crippen molar-refractivity contribution in [3.63, 3.8) is 0 Å². The molecule has 7 rings (SSSR count). The van der Waals surface area contributed by atoms with Gasteiger partial charge in [0.15, 0.2) is 5.79 Å².